The van der Waals surface area contributed by atoms with Gasteiger partial charge in [-0.1, -0.05) is 406 Å². The summed E-state index contributed by atoms with van der Waals surface area (Å²) in [5.41, 5.74) is 16.9. The van der Waals surface area contributed by atoms with Crippen molar-refractivity contribution >= 4 is 121 Å². The first kappa shape index (κ1) is 133. The van der Waals surface area contributed by atoms with Crippen LogP contribution in [0.2, 0.25) is 0 Å². The Labute approximate surface area is 891 Å². The molecule has 26 rings (SSSR count). The number of benzene rings is 12. The second-order valence-corrected chi connectivity index (χ2v) is 28.7. The van der Waals surface area contributed by atoms with Gasteiger partial charge >= 0.3 is 11.7 Å². The maximum Gasteiger partial charge on any atom is 0.417 e. The third-order valence-corrected chi connectivity index (χ3v) is 20.5. The van der Waals surface area contributed by atoms with E-state index >= 15 is 0 Å². The van der Waals surface area contributed by atoms with Crippen LogP contribution >= 0.6 is 22.7 Å². The summed E-state index contributed by atoms with van der Waals surface area (Å²) in [5, 5.41) is 16.8. The van der Waals surface area contributed by atoms with E-state index < -0.39 is 5.76 Å². The van der Waals surface area contributed by atoms with Crippen molar-refractivity contribution in [3.63, 3.8) is 0 Å². The summed E-state index contributed by atoms with van der Waals surface area (Å²) in [4.78, 5) is 43.2. The quantitative estimate of drug-likeness (QED) is 0.103. The second-order valence-electron chi connectivity index (χ2n) is 26.9. The average Bonchev–Trinajstić information content (AvgIpc) is 1.53. The zero-order chi connectivity index (χ0) is 109. The van der Waals surface area contributed by atoms with Crippen LogP contribution in [0.1, 0.15) is 211 Å². The SMILES string of the molecule is C.CC.CC.CC.CC.CC.CC.CC.CC.CC.CC.CC.CC.CC.O=C1C=CC2C=CC=CC2O1.O=c1[nH]c2ccccc2o1.c1ccc2[nH]cnc2c1.c1ccc2[nH]ncc2c1.c1ccc2c(c1)CCC2.c1ccc2c(c1)CCO2.c1ccc2c(c1)NCO2.c1ccc2c(c1)OCO2.c1ccc2ncccc2c1.c1ccc2occc2c1.c1ccc2ocnc2c1.c1ccc2sccc2c1.c1ccc2scnc2c1. The number of hydrogen-bond acceptors (Lipinski definition) is 18. The summed E-state index contributed by atoms with van der Waals surface area (Å²) in [6.07, 6.45) is 24.6. The Hall–Kier alpha value is -15.2. The number of thiazole rings is 1. The molecule has 12 aromatic carbocycles. The maximum absolute atomic E-state index is 10.8. The first-order valence-corrected chi connectivity index (χ1v) is 54.0. The Kier molecular flexibility index (Phi) is 79.2. The lowest BCUT2D eigenvalue weighted by atomic mass is 9.95. The summed E-state index contributed by atoms with van der Waals surface area (Å²) in [5.74, 6) is 3.31. The minimum absolute atomic E-state index is 0. The molecule has 792 valence electrons. The number of anilines is 1. The monoisotopic (exact) mass is 2040 g/mol. The van der Waals surface area contributed by atoms with E-state index in [9.17, 15) is 9.59 Å². The van der Waals surface area contributed by atoms with Gasteiger partial charge in [0.2, 0.25) is 6.79 Å². The number of H-pyrrole nitrogens is 3. The number of thiophene rings is 1. The third kappa shape index (κ3) is 49.1. The van der Waals surface area contributed by atoms with Crippen molar-refractivity contribution in [1.82, 2.24) is 40.1 Å². The fourth-order valence-corrected chi connectivity index (χ4v) is 14.2. The van der Waals surface area contributed by atoms with Crippen LogP contribution in [0.5, 0.6) is 23.0 Å². The first-order chi connectivity index (χ1) is 72.8. The van der Waals surface area contributed by atoms with Gasteiger partial charge in [0.15, 0.2) is 35.8 Å². The number of aryl methyl sites for hydroxylation is 2. The number of aromatic amines is 3. The minimum atomic E-state index is -0.402. The molecule has 12 heterocycles. The molecule has 148 heavy (non-hydrogen) atoms. The highest BCUT2D eigenvalue weighted by molar-refractivity contribution is 7.17. The highest BCUT2D eigenvalue weighted by Gasteiger charge is 2.23. The van der Waals surface area contributed by atoms with Crippen molar-refractivity contribution in [2.45, 2.75) is 219 Å². The Bertz CT molecular complexity index is 5640. The van der Waals surface area contributed by atoms with Crippen molar-refractivity contribution in [3.8, 4) is 23.0 Å². The minimum Gasteiger partial charge on any atom is -0.493 e. The molecule has 0 saturated heterocycles. The van der Waals surface area contributed by atoms with Crippen LogP contribution in [0.15, 0.2) is 412 Å². The number of ether oxygens (including phenoxy) is 5. The number of rotatable bonds is 0. The summed E-state index contributed by atoms with van der Waals surface area (Å²) >= 11 is 3.46. The van der Waals surface area contributed by atoms with Gasteiger partial charge in [0.25, 0.3) is 0 Å². The van der Waals surface area contributed by atoms with Gasteiger partial charge in [-0.25, -0.2) is 24.5 Å². The summed E-state index contributed by atoms with van der Waals surface area (Å²) in [6, 6.07) is 104. The smallest absolute Gasteiger partial charge is 0.417 e. The van der Waals surface area contributed by atoms with E-state index in [1.54, 1.807) is 58.5 Å². The number of para-hydroxylation sites is 15. The van der Waals surface area contributed by atoms with E-state index in [0.717, 1.165) is 102 Å². The van der Waals surface area contributed by atoms with Gasteiger partial charge < -0.3 is 47.2 Å². The van der Waals surface area contributed by atoms with Gasteiger partial charge in [-0.15, -0.1) is 22.7 Å². The largest absolute Gasteiger partial charge is 0.493 e. The number of nitrogens with one attached hydrogen (secondary N) is 4. The van der Waals surface area contributed by atoms with E-state index in [2.05, 4.69) is 130 Å². The highest BCUT2D eigenvalue weighted by atomic mass is 32.1. The summed E-state index contributed by atoms with van der Waals surface area (Å²) in [7, 11) is 0. The Morgan fingerprint density at radius 3 is 1.45 bits per heavy atom. The van der Waals surface area contributed by atoms with E-state index in [1.165, 1.54) is 57.5 Å². The summed E-state index contributed by atoms with van der Waals surface area (Å²) in [6.45, 7) is 53.8. The molecule has 20 aromatic rings. The van der Waals surface area contributed by atoms with Gasteiger partial charge in [-0.05, 0) is 174 Å². The van der Waals surface area contributed by atoms with Crippen molar-refractivity contribution in [3.05, 3.63) is 421 Å². The van der Waals surface area contributed by atoms with Gasteiger partial charge in [0.05, 0.1) is 74.4 Å². The number of hydrogen-bond donors (Lipinski definition) is 4. The zero-order valence-corrected chi connectivity index (χ0v) is 93.4. The van der Waals surface area contributed by atoms with Gasteiger partial charge in [0.1, 0.15) is 28.7 Å². The fourth-order valence-electron chi connectivity index (χ4n) is 12.8. The van der Waals surface area contributed by atoms with Gasteiger partial charge in [0, 0.05) is 45.5 Å². The van der Waals surface area contributed by atoms with E-state index in [0.29, 0.717) is 19.1 Å². The molecule has 0 saturated carbocycles. The molecule has 0 bridgehead atoms. The number of oxazole rings is 2. The fraction of sp³-hybridized carbons (Fsp3) is 0.283. The van der Waals surface area contributed by atoms with Crippen molar-refractivity contribution in [2.24, 2.45) is 5.92 Å². The third-order valence-electron chi connectivity index (χ3n) is 18.8. The number of carbonyl (C=O) groups is 1. The van der Waals surface area contributed by atoms with Crippen molar-refractivity contribution in [1.29, 1.82) is 0 Å². The number of esters is 1. The van der Waals surface area contributed by atoms with Crippen molar-refractivity contribution in [2.75, 3.05) is 25.4 Å². The normalized spacial score (nSPS) is 11.6. The topological polar surface area (TPSA) is 244 Å². The van der Waals surface area contributed by atoms with E-state index in [1.807, 2.05) is 453 Å². The highest BCUT2D eigenvalue weighted by Crippen LogP contribution is 2.31. The molecule has 4 aliphatic heterocycles. The van der Waals surface area contributed by atoms with Crippen molar-refractivity contribution < 1.29 is 41.7 Å². The molecule has 0 spiro atoms. The molecular weight excluding hydrogens is 1880 g/mol. The average molecular weight is 2040 g/mol. The van der Waals surface area contributed by atoms with Crippen LogP contribution in [0.3, 0.4) is 0 Å². The van der Waals surface area contributed by atoms with Crippen LogP contribution in [0.4, 0.5) is 5.69 Å². The lowest BCUT2D eigenvalue weighted by molar-refractivity contribution is -0.143. The number of furan rings is 1. The predicted octanol–water partition coefficient (Wildman–Crippen LogP) is 37.8. The van der Waals surface area contributed by atoms with E-state index in [4.69, 9.17) is 36.9 Å². The molecule has 0 fully saturated rings. The number of nitrogens with zero attached hydrogens (tertiary/aromatic N) is 5. The van der Waals surface area contributed by atoms with Gasteiger partial charge in [-0.3, -0.25) is 15.1 Å². The molecule has 0 amide bonds. The lowest BCUT2D eigenvalue weighted by Gasteiger charge is -2.23. The molecule has 6 aliphatic rings. The number of aromatic nitrogens is 8. The number of pyridine rings is 1. The molecule has 2 unspecified atom stereocenters. The van der Waals surface area contributed by atoms with E-state index in [-0.39, 0.29) is 25.4 Å². The molecule has 0 radical (unpaired) electrons. The molecular formula is C127H167N9O10S2. The van der Waals surface area contributed by atoms with Crippen LogP contribution in [-0.2, 0) is 28.8 Å². The Morgan fingerprint density at radius 1 is 0.358 bits per heavy atom. The lowest BCUT2D eigenvalue weighted by Crippen LogP contribution is -2.26. The summed E-state index contributed by atoms with van der Waals surface area (Å²) < 4.78 is 43.2. The molecule has 2 atom stereocenters. The Balaban J connectivity index is 0.00000155. The number of allylic oxidation sites excluding steroid dienone is 2. The Morgan fingerprint density at radius 2 is 0.858 bits per heavy atom. The molecule has 21 heteroatoms. The van der Waals surface area contributed by atoms with Crippen LogP contribution in [0.25, 0.3) is 86.3 Å². The van der Waals surface area contributed by atoms with Crippen LogP contribution in [0, 0.1) is 5.92 Å². The maximum atomic E-state index is 10.8. The molecule has 2 aliphatic carbocycles. The predicted molar refractivity (Wildman–Crippen MR) is 640 cm³/mol. The number of carbonyl (C=O) groups excluding carboxylic acids is 1. The van der Waals surface area contributed by atoms with Crippen LogP contribution < -0.4 is 30.0 Å². The standard InChI is InChI=1S/C9H7N.C9H8O2.C9H10.C8H8O.C8H6O.C8H6S.2C7H6N2.C7H5NO2.C7H7NO.C7H5NO.C7H5NS.C7H6O2.13C2H6.CH4/c1-2-6-9-8(4-1)5-3-7-10-9;10-9-6-5-7-3-1-2-4-8(7)11-9;1-2-5-9-7-3-6-8(9)4-1;3*1-2-4-8-7(3-1)5-6-9-8;1-2-4-7-6(3-1)8-5-9-7;1-2-4-7-6(3-1)5-8-9-7;9-7-8-5-3-1-2-4-6(5)10-7;4*1-2-4-7-6(3-1)8-5-9-7;13*1-2;/h1-7H;1-8H;1-2,4-5H,3,6-7H2;1-4H,5-6H2;2*1-6H;2*1-5H,(H,8,9);1-4H,(H,8,9);1-4,8H,5H2;2*1-5H;1-4H,5H2;13*1-2H3;1H4. The second kappa shape index (κ2) is 88.3. The van der Waals surface area contributed by atoms with Gasteiger partial charge in [-0.2, -0.15) is 5.10 Å². The molecule has 8 aromatic heterocycles. The number of fused-ring (bicyclic) bond motifs is 13. The van der Waals surface area contributed by atoms with Crippen LogP contribution in [-0.4, -0.2) is 72.3 Å². The molecule has 19 nitrogen and oxygen atoms in total. The first-order valence-electron chi connectivity index (χ1n) is 52.2. The number of imidazole rings is 1. The molecule has 4 N–H and O–H groups in total. The zero-order valence-electron chi connectivity index (χ0n) is 91.8.